The summed E-state index contributed by atoms with van der Waals surface area (Å²) in [6.45, 7) is 1.90. The van der Waals surface area contributed by atoms with Gasteiger partial charge in [0, 0.05) is 0 Å². The normalized spacial score (nSPS) is 18.2. The van der Waals surface area contributed by atoms with Crippen LogP contribution in [-0.2, 0) is 14.4 Å². The molecule has 0 atom stereocenters. The molecular weight excluding hydrogens is 322 g/mol. The molecule has 0 N–H and O–H groups in total. The van der Waals surface area contributed by atoms with Crippen molar-refractivity contribution in [1.29, 1.82) is 0 Å². The Labute approximate surface area is 142 Å². The fourth-order valence-corrected chi connectivity index (χ4v) is 3.35. The smallest absolute Gasteiger partial charge is 0.265 e. The minimum absolute atomic E-state index is 0.115. The van der Waals surface area contributed by atoms with Crippen LogP contribution in [0.1, 0.15) is 30.4 Å². The number of benzene rings is 2. The van der Waals surface area contributed by atoms with E-state index in [1.165, 1.54) is 12.1 Å². The molecule has 2 aromatic rings. The minimum atomic E-state index is -3.88. The van der Waals surface area contributed by atoms with Crippen LogP contribution >= 0.6 is 0 Å². The van der Waals surface area contributed by atoms with Gasteiger partial charge in [-0.2, -0.15) is 8.42 Å². The van der Waals surface area contributed by atoms with E-state index in [4.69, 9.17) is 4.28 Å². The number of rotatable bonds is 4. The zero-order chi connectivity index (χ0) is 17.0. The van der Waals surface area contributed by atoms with Crippen LogP contribution in [0, 0.1) is 6.92 Å². The lowest BCUT2D eigenvalue weighted by Crippen LogP contribution is -2.05. The van der Waals surface area contributed by atoms with Gasteiger partial charge in [-0.15, -0.1) is 0 Å². The molecule has 0 aliphatic heterocycles. The standard InChI is InChI=1S/C19H19NO3S/c1-15-10-12-18(13-11-15)24(21,22)23-20-19-9-5-8-17(19)14-16-6-3-2-4-7-16/h2-4,6-7,10-14H,5,8-9H2,1H3/b17-14+,20-19+. The molecule has 0 unspecified atom stereocenters. The maximum atomic E-state index is 12.2. The molecule has 0 saturated heterocycles. The topological polar surface area (TPSA) is 55.7 Å². The van der Waals surface area contributed by atoms with Crippen LogP contribution in [0.5, 0.6) is 0 Å². The quantitative estimate of drug-likeness (QED) is 0.778. The van der Waals surface area contributed by atoms with E-state index in [0.717, 1.165) is 36.0 Å². The summed E-state index contributed by atoms with van der Waals surface area (Å²) < 4.78 is 29.4. The summed E-state index contributed by atoms with van der Waals surface area (Å²) >= 11 is 0. The van der Waals surface area contributed by atoms with E-state index < -0.39 is 10.1 Å². The van der Waals surface area contributed by atoms with Crippen LogP contribution in [0.2, 0.25) is 0 Å². The Hall–Kier alpha value is -2.40. The lowest BCUT2D eigenvalue weighted by Gasteiger charge is -2.04. The van der Waals surface area contributed by atoms with E-state index in [9.17, 15) is 8.42 Å². The van der Waals surface area contributed by atoms with Gasteiger partial charge in [0.05, 0.1) is 5.71 Å². The average molecular weight is 341 g/mol. The Morgan fingerprint density at radius 2 is 1.71 bits per heavy atom. The monoisotopic (exact) mass is 341 g/mol. The number of hydrogen-bond acceptors (Lipinski definition) is 4. The van der Waals surface area contributed by atoms with Gasteiger partial charge in [0.15, 0.2) is 0 Å². The van der Waals surface area contributed by atoms with Gasteiger partial charge < -0.3 is 0 Å². The number of aryl methyl sites for hydroxylation is 1. The highest BCUT2D eigenvalue weighted by atomic mass is 32.2. The van der Waals surface area contributed by atoms with Gasteiger partial charge in [-0.25, -0.2) is 0 Å². The fraction of sp³-hybridized carbons (Fsp3) is 0.211. The molecule has 1 saturated carbocycles. The first-order chi connectivity index (χ1) is 11.5. The van der Waals surface area contributed by atoms with Gasteiger partial charge in [0.25, 0.3) is 0 Å². The summed E-state index contributed by atoms with van der Waals surface area (Å²) in [6, 6.07) is 16.4. The summed E-state index contributed by atoms with van der Waals surface area (Å²) in [5.74, 6) is 0. The van der Waals surface area contributed by atoms with Crippen molar-refractivity contribution in [2.24, 2.45) is 5.16 Å². The Bertz CT molecular complexity index is 867. The van der Waals surface area contributed by atoms with E-state index in [0.29, 0.717) is 5.71 Å². The lowest BCUT2D eigenvalue weighted by molar-refractivity contribution is 0.338. The molecule has 4 nitrogen and oxygen atoms in total. The van der Waals surface area contributed by atoms with Crippen molar-refractivity contribution in [3.63, 3.8) is 0 Å². The second kappa shape index (κ2) is 7.01. The van der Waals surface area contributed by atoms with E-state index in [1.54, 1.807) is 12.1 Å². The highest BCUT2D eigenvalue weighted by Gasteiger charge is 2.20. The second-order valence-corrected chi connectivity index (χ2v) is 7.34. The number of allylic oxidation sites excluding steroid dienone is 1. The Balaban J connectivity index is 1.80. The molecule has 2 aromatic carbocycles. The molecule has 124 valence electrons. The van der Waals surface area contributed by atoms with E-state index in [1.807, 2.05) is 43.3 Å². The van der Waals surface area contributed by atoms with E-state index in [2.05, 4.69) is 5.16 Å². The Morgan fingerprint density at radius 3 is 2.42 bits per heavy atom. The first-order valence-corrected chi connectivity index (χ1v) is 9.29. The van der Waals surface area contributed by atoms with E-state index >= 15 is 0 Å². The molecule has 0 aromatic heterocycles. The van der Waals surface area contributed by atoms with Gasteiger partial charge in [0.2, 0.25) is 0 Å². The summed E-state index contributed by atoms with van der Waals surface area (Å²) in [7, 11) is -3.88. The van der Waals surface area contributed by atoms with Crippen LogP contribution in [-0.4, -0.2) is 14.1 Å². The molecule has 0 amide bonds. The van der Waals surface area contributed by atoms with Crippen LogP contribution in [0.25, 0.3) is 6.08 Å². The predicted octanol–water partition coefficient (Wildman–Crippen LogP) is 4.32. The van der Waals surface area contributed by atoms with Gasteiger partial charge in [-0.05, 0) is 55.5 Å². The first-order valence-electron chi connectivity index (χ1n) is 7.88. The molecule has 0 radical (unpaired) electrons. The molecule has 3 rings (SSSR count). The first kappa shape index (κ1) is 16.5. The molecule has 5 heteroatoms. The largest absolute Gasteiger partial charge is 0.358 e. The van der Waals surface area contributed by atoms with Gasteiger partial charge >= 0.3 is 10.1 Å². The third-order valence-corrected chi connectivity index (χ3v) is 5.05. The predicted molar refractivity (Wildman–Crippen MR) is 95.2 cm³/mol. The van der Waals surface area contributed by atoms with Crippen molar-refractivity contribution in [1.82, 2.24) is 0 Å². The molecule has 24 heavy (non-hydrogen) atoms. The van der Waals surface area contributed by atoms with Crippen LogP contribution in [0.3, 0.4) is 0 Å². The number of oxime groups is 1. The van der Waals surface area contributed by atoms with Gasteiger partial charge in [-0.1, -0.05) is 53.2 Å². The summed E-state index contributed by atoms with van der Waals surface area (Å²) in [6.07, 6.45) is 4.59. The zero-order valence-electron chi connectivity index (χ0n) is 13.5. The molecule has 0 bridgehead atoms. The second-order valence-electron chi connectivity index (χ2n) is 5.81. The SMILES string of the molecule is Cc1ccc(S(=O)(=O)O/N=C2\CCC\C2=C/c2ccccc2)cc1. The van der Waals surface area contributed by atoms with Crippen molar-refractivity contribution in [2.75, 3.05) is 0 Å². The summed E-state index contributed by atoms with van der Waals surface area (Å²) in [5, 5.41) is 3.93. The summed E-state index contributed by atoms with van der Waals surface area (Å²) in [5.41, 5.74) is 3.79. The molecule has 1 aliphatic carbocycles. The average Bonchev–Trinajstić information content (AvgIpc) is 3.02. The number of nitrogens with zero attached hydrogens (tertiary/aromatic N) is 1. The third kappa shape index (κ3) is 3.92. The highest BCUT2D eigenvalue weighted by Crippen LogP contribution is 2.25. The van der Waals surface area contributed by atoms with Crippen LogP contribution in [0.4, 0.5) is 0 Å². The van der Waals surface area contributed by atoms with E-state index in [-0.39, 0.29) is 4.90 Å². The van der Waals surface area contributed by atoms with Crippen molar-refractivity contribution >= 4 is 21.9 Å². The fourth-order valence-electron chi connectivity index (χ4n) is 2.60. The highest BCUT2D eigenvalue weighted by molar-refractivity contribution is 7.86. The van der Waals surface area contributed by atoms with Crippen molar-refractivity contribution in [2.45, 2.75) is 31.1 Å². The Kier molecular flexibility index (Phi) is 4.81. The molecule has 1 aliphatic rings. The molecule has 1 fully saturated rings. The van der Waals surface area contributed by atoms with Gasteiger partial charge in [-0.3, -0.25) is 4.28 Å². The maximum absolute atomic E-state index is 12.2. The minimum Gasteiger partial charge on any atom is -0.265 e. The van der Waals surface area contributed by atoms with Gasteiger partial charge in [0.1, 0.15) is 4.90 Å². The van der Waals surface area contributed by atoms with Crippen LogP contribution in [0.15, 0.2) is 70.2 Å². The lowest BCUT2D eigenvalue weighted by atomic mass is 10.1. The van der Waals surface area contributed by atoms with Crippen molar-refractivity contribution in [3.8, 4) is 0 Å². The summed E-state index contributed by atoms with van der Waals surface area (Å²) in [4.78, 5) is 0.115. The van der Waals surface area contributed by atoms with Crippen molar-refractivity contribution in [3.05, 3.63) is 71.3 Å². The van der Waals surface area contributed by atoms with Crippen molar-refractivity contribution < 1.29 is 12.7 Å². The third-order valence-electron chi connectivity index (χ3n) is 3.93. The molecule has 0 spiro atoms. The molecule has 0 heterocycles. The zero-order valence-corrected chi connectivity index (χ0v) is 14.3. The maximum Gasteiger partial charge on any atom is 0.358 e. The van der Waals surface area contributed by atoms with Crippen LogP contribution < -0.4 is 0 Å². The Morgan fingerprint density at radius 1 is 1.00 bits per heavy atom. The number of hydrogen-bond donors (Lipinski definition) is 0. The molecular formula is C19H19NO3S.